The molecule has 1 aliphatic carbocycles. The Labute approximate surface area is 184 Å². The summed E-state index contributed by atoms with van der Waals surface area (Å²) in [6, 6.07) is 2.10. The molecular weight excluding hydrogens is 410 g/mol. The summed E-state index contributed by atoms with van der Waals surface area (Å²) >= 11 is 1.41. The largest absolute Gasteiger partial charge is 0.298 e. The molecule has 160 valence electrons. The van der Waals surface area contributed by atoms with E-state index in [1.54, 1.807) is 6.20 Å². The van der Waals surface area contributed by atoms with Gasteiger partial charge in [0.25, 0.3) is 5.91 Å². The van der Waals surface area contributed by atoms with Gasteiger partial charge in [0.1, 0.15) is 0 Å². The molecule has 1 N–H and O–H groups in total. The predicted molar refractivity (Wildman–Crippen MR) is 122 cm³/mol. The van der Waals surface area contributed by atoms with Crippen molar-refractivity contribution >= 4 is 33.4 Å². The molecular formula is C22H25N7OS. The van der Waals surface area contributed by atoms with Gasteiger partial charge >= 0.3 is 0 Å². The van der Waals surface area contributed by atoms with Crippen LogP contribution in [0.1, 0.15) is 66.1 Å². The Balaban J connectivity index is 1.52. The normalized spacial score (nSPS) is 14.0. The smallest absolute Gasteiger partial charge is 0.258 e. The first-order chi connectivity index (χ1) is 14.8. The summed E-state index contributed by atoms with van der Waals surface area (Å²) in [5, 5.41) is 15.3. The highest BCUT2D eigenvalue weighted by atomic mass is 32.1. The highest BCUT2D eigenvalue weighted by Gasteiger charge is 2.29. The van der Waals surface area contributed by atoms with E-state index in [4.69, 9.17) is 4.98 Å². The maximum absolute atomic E-state index is 13.3. The number of thiazole rings is 1. The lowest BCUT2D eigenvalue weighted by Gasteiger charge is -2.10. The second kappa shape index (κ2) is 7.26. The number of nitrogens with one attached hydrogen (secondary N) is 1. The zero-order valence-electron chi connectivity index (χ0n) is 18.3. The van der Waals surface area contributed by atoms with E-state index in [1.165, 1.54) is 11.3 Å². The van der Waals surface area contributed by atoms with Crippen molar-refractivity contribution in [2.75, 3.05) is 5.32 Å². The topological polar surface area (TPSA) is 90.5 Å². The molecule has 4 heterocycles. The third-order valence-electron chi connectivity index (χ3n) is 5.82. The van der Waals surface area contributed by atoms with Crippen LogP contribution in [0.3, 0.4) is 0 Å². The van der Waals surface area contributed by atoms with Crippen LogP contribution in [-0.4, -0.2) is 35.4 Å². The van der Waals surface area contributed by atoms with E-state index in [1.807, 2.05) is 41.7 Å². The van der Waals surface area contributed by atoms with Crippen LogP contribution in [0.5, 0.6) is 0 Å². The molecule has 0 bridgehead atoms. The van der Waals surface area contributed by atoms with E-state index < -0.39 is 0 Å². The first kappa shape index (κ1) is 19.9. The Bertz CT molecular complexity index is 1310. The fraction of sp³-hybridized carbons (Fsp3) is 0.409. The summed E-state index contributed by atoms with van der Waals surface area (Å²) in [4.78, 5) is 22.9. The van der Waals surface area contributed by atoms with E-state index in [9.17, 15) is 4.79 Å². The van der Waals surface area contributed by atoms with Crippen molar-refractivity contribution in [1.29, 1.82) is 0 Å². The Morgan fingerprint density at radius 3 is 2.68 bits per heavy atom. The van der Waals surface area contributed by atoms with Gasteiger partial charge in [-0.2, -0.15) is 10.2 Å². The minimum Gasteiger partial charge on any atom is -0.298 e. The van der Waals surface area contributed by atoms with Crippen molar-refractivity contribution in [3.63, 3.8) is 0 Å². The molecule has 1 fully saturated rings. The van der Waals surface area contributed by atoms with Crippen molar-refractivity contribution in [3.8, 4) is 11.3 Å². The molecule has 0 radical (unpaired) electrons. The Morgan fingerprint density at radius 1 is 1.26 bits per heavy atom. The van der Waals surface area contributed by atoms with Crippen LogP contribution in [0.25, 0.3) is 22.3 Å². The van der Waals surface area contributed by atoms with Crippen LogP contribution in [0.4, 0.5) is 5.13 Å². The molecule has 4 aromatic rings. The van der Waals surface area contributed by atoms with E-state index in [2.05, 4.69) is 34.3 Å². The van der Waals surface area contributed by atoms with Gasteiger partial charge in [0.15, 0.2) is 10.8 Å². The molecule has 4 aromatic heterocycles. The standard InChI is InChI=1S/C22H25N7OS/c1-11(2)29-20-19(12(3)27-29)15(8-17(24-20)14-6-7-14)21(30)26-22-25-18(10-31-22)16-9-23-28(5)13(16)4/h8-11,14H,6-7H2,1-5H3,(H,25,26,30). The number of anilines is 1. The molecule has 9 heteroatoms. The summed E-state index contributed by atoms with van der Waals surface area (Å²) in [5.41, 5.74) is 6.01. The molecule has 0 aliphatic heterocycles. The summed E-state index contributed by atoms with van der Waals surface area (Å²) < 4.78 is 3.73. The number of aromatic nitrogens is 6. The van der Waals surface area contributed by atoms with E-state index >= 15 is 0 Å². The second-order valence-electron chi connectivity index (χ2n) is 8.45. The van der Waals surface area contributed by atoms with Gasteiger partial charge in [-0.25, -0.2) is 14.6 Å². The van der Waals surface area contributed by atoms with E-state index in [-0.39, 0.29) is 11.9 Å². The highest BCUT2D eigenvalue weighted by Crippen LogP contribution is 2.41. The van der Waals surface area contributed by atoms with Crippen molar-refractivity contribution in [1.82, 2.24) is 29.5 Å². The Kier molecular flexibility index (Phi) is 4.65. The number of fused-ring (bicyclic) bond motifs is 1. The number of nitrogens with zero attached hydrogens (tertiary/aromatic N) is 6. The molecule has 8 nitrogen and oxygen atoms in total. The summed E-state index contributed by atoms with van der Waals surface area (Å²) in [6.45, 7) is 8.09. The van der Waals surface area contributed by atoms with Crippen LogP contribution in [0.15, 0.2) is 17.6 Å². The van der Waals surface area contributed by atoms with Gasteiger partial charge in [-0.05, 0) is 46.6 Å². The maximum Gasteiger partial charge on any atom is 0.258 e. The molecule has 0 spiro atoms. The summed E-state index contributed by atoms with van der Waals surface area (Å²) in [6.07, 6.45) is 4.04. The molecule has 0 atom stereocenters. The average molecular weight is 436 g/mol. The second-order valence-corrected chi connectivity index (χ2v) is 9.31. The van der Waals surface area contributed by atoms with Gasteiger partial charge in [-0.15, -0.1) is 11.3 Å². The third-order valence-corrected chi connectivity index (χ3v) is 6.58. The molecule has 31 heavy (non-hydrogen) atoms. The molecule has 5 rings (SSSR count). The van der Waals surface area contributed by atoms with Crippen molar-refractivity contribution < 1.29 is 4.79 Å². The lowest BCUT2D eigenvalue weighted by Crippen LogP contribution is -2.14. The number of hydrogen-bond acceptors (Lipinski definition) is 6. The molecule has 0 aromatic carbocycles. The lowest BCUT2D eigenvalue weighted by atomic mass is 10.1. The first-order valence-corrected chi connectivity index (χ1v) is 11.4. The zero-order valence-corrected chi connectivity index (χ0v) is 19.1. The minimum absolute atomic E-state index is 0.165. The lowest BCUT2D eigenvalue weighted by molar-refractivity contribution is 0.102. The van der Waals surface area contributed by atoms with Crippen LogP contribution in [-0.2, 0) is 7.05 Å². The quantitative estimate of drug-likeness (QED) is 0.494. The van der Waals surface area contributed by atoms with Gasteiger partial charge in [0, 0.05) is 41.3 Å². The molecule has 1 aliphatic rings. The van der Waals surface area contributed by atoms with E-state index in [0.29, 0.717) is 16.6 Å². The number of rotatable bonds is 5. The molecule has 0 unspecified atom stereocenters. The first-order valence-electron chi connectivity index (χ1n) is 10.5. The highest BCUT2D eigenvalue weighted by molar-refractivity contribution is 7.14. The van der Waals surface area contributed by atoms with Gasteiger partial charge in [0.05, 0.1) is 28.5 Å². The van der Waals surface area contributed by atoms with Gasteiger partial charge in [-0.3, -0.25) is 14.8 Å². The molecule has 1 amide bonds. The van der Waals surface area contributed by atoms with Crippen molar-refractivity contribution in [3.05, 3.63) is 40.3 Å². The fourth-order valence-corrected chi connectivity index (χ4v) is 4.53. The van der Waals surface area contributed by atoms with E-state index in [0.717, 1.165) is 52.2 Å². The Morgan fingerprint density at radius 2 is 2.03 bits per heavy atom. The minimum atomic E-state index is -0.176. The summed E-state index contributed by atoms with van der Waals surface area (Å²) in [5.74, 6) is 0.260. The average Bonchev–Trinajstić information content (AvgIpc) is 3.28. The SMILES string of the molecule is Cc1nn(C(C)C)c2nc(C3CC3)cc(C(=O)Nc3nc(-c4cnn(C)c4C)cs3)c12. The number of hydrogen-bond donors (Lipinski definition) is 1. The van der Waals surface area contributed by atoms with Crippen LogP contribution in [0, 0.1) is 13.8 Å². The third kappa shape index (κ3) is 3.42. The fourth-order valence-electron chi connectivity index (χ4n) is 3.83. The van der Waals surface area contributed by atoms with Crippen LogP contribution < -0.4 is 5.32 Å². The number of aryl methyl sites for hydroxylation is 2. The van der Waals surface area contributed by atoms with Crippen molar-refractivity contribution in [2.24, 2.45) is 7.05 Å². The van der Waals surface area contributed by atoms with Gasteiger partial charge < -0.3 is 0 Å². The molecule has 1 saturated carbocycles. The monoisotopic (exact) mass is 435 g/mol. The predicted octanol–water partition coefficient (Wildman–Crippen LogP) is 4.62. The maximum atomic E-state index is 13.3. The number of amides is 1. The van der Waals surface area contributed by atoms with Crippen molar-refractivity contribution in [2.45, 2.75) is 52.5 Å². The number of carbonyl (C=O) groups is 1. The van der Waals surface area contributed by atoms with Crippen LogP contribution >= 0.6 is 11.3 Å². The van der Waals surface area contributed by atoms with Gasteiger partial charge in [0.2, 0.25) is 0 Å². The number of carbonyl (C=O) groups excluding carboxylic acids is 1. The Hall–Kier alpha value is -3.07. The molecule has 0 saturated heterocycles. The van der Waals surface area contributed by atoms with Crippen LogP contribution in [0.2, 0.25) is 0 Å². The summed E-state index contributed by atoms with van der Waals surface area (Å²) in [7, 11) is 1.90. The number of pyridine rings is 1. The zero-order chi connectivity index (χ0) is 21.9. The van der Waals surface area contributed by atoms with Gasteiger partial charge in [-0.1, -0.05) is 0 Å².